The summed E-state index contributed by atoms with van der Waals surface area (Å²) in [6.07, 6.45) is 3.87. The molecule has 98 valence electrons. The number of hydrogen-bond donors (Lipinski definition) is 1. The fourth-order valence-corrected chi connectivity index (χ4v) is 1.70. The molecule has 0 fully saturated rings. The molecule has 0 saturated heterocycles. The number of nitrogens with one attached hydrogen (secondary N) is 1. The number of rotatable bonds is 7. The van der Waals surface area contributed by atoms with E-state index in [0.717, 1.165) is 18.4 Å². The van der Waals surface area contributed by atoms with Crippen molar-refractivity contribution in [3.8, 4) is 0 Å². The first-order chi connectivity index (χ1) is 7.31. The van der Waals surface area contributed by atoms with Gasteiger partial charge in [-0.25, -0.2) is 0 Å². The van der Waals surface area contributed by atoms with Crippen molar-refractivity contribution >= 4 is 0 Å². The number of hydrogen-bond acceptors (Lipinski definition) is 1. The van der Waals surface area contributed by atoms with Crippen molar-refractivity contribution in [1.29, 1.82) is 0 Å². The van der Waals surface area contributed by atoms with Gasteiger partial charge in [0.2, 0.25) is 0 Å². The van der Waals surface area contributed by atoms with Crippen LogP contribution < -0.4 is 5.32 Å². The van der Waals surface area contributed by atoms with Gasteiger partial charge < -0.3 is 5.32 Å². The van der Waals surface area contributed by atoms with E-state index in [0.29, 0.717) is 11.5 Å². The molecule has 3 atom stereocenters. The Labute approximate surface area is 103 Å². The average Bonchev–Trinajstić information content (AvgIpc) is 2.21. The second kappa shape index (κ2) is 7.32. The van der Waals surface area contributed by atoms with Crippen LogP contribution in [0.15, 0.2) is 0 Å². The van der Waals surface area contributed by atoms with Crippen LogP contribution in [0.2, 0.25) is 0 Å². The second-order valence-corrected chi connectivity index (χ2v) is 6.53. The quantitative estimate of drug-likeness (QED) is 0.676. The minimum absolute atomic E-state index is 0.418. The smallest absolute Gasteiger partial charge is 0.00670 e. The average molecular weight is 227 g/mol. The van der Waals surface area contributed by atoms with Gasteiger partial charge >= 0.3 is 0 Å². The minimum atomic E-state index is 0.418. The second-order valence-electron chi connectivity index (χ2n) is 6.53. The molecule has 1 N–H and O–H groups in total. The summed E-state index contributed by atoms with van der Waals surface area (Å²) >= 11 is 0. The van der Waals surface area contributed by atoms with Crippen molar-refractivity contribution in [2.75, 3.05) is 6.54 Å². The van der Waals surface area contributed by atoms with E-state index in [-0.39, 0.29) is 0 Å². The van der Waals surface area contributed by atoms with Crippen LogP contribution in [0.3, 0.4) is 0 Å². The highest BCUT2D eigenvalue weighted by Crippen LogP contribution is 2.24. The predicted molar refractivity (Wildman–Crippen MR) is 74.8 cm³/mol. The molecule has 0 aromatic rings. The zero-order valence-electron chi connectivity index (χ0n) is 12.6. The standard InChI is InChI=1S/C15H33N/c1-8-12(3)10-14(9-2)16-11-13(4)15(5,6)7/h12-14,16H,8-11H2,1-7H3. The highest BCUT2D eigenvalue weighted by atomic mass is 14.9. The highest BCUT2D eigenvalue weighted by Gasteiger charge is 2.20. The molecule has 0 radical (unpaired) electrons. The van der Waals surface area contributed by atoms with Crippen LogP contribution in [0.5, 0.6) is 0 Å². The van der Waals surface area contributed by atoms with Gasteiger partial charge in [-0.2, -0.15) is 0 Å². The fraction of sp³-hybridized carbons (Fsp3) is 1.00. The predicted octanol–water partition coefficient (Wildman–Crippen LogP) is 4.47. The third-order valence-corrected chi connectivity index (χ3v) is 4.07. The summed E-state index contributed by atoms with van der Waals surface area (Å²) < 4.78 is 0. The van der Waals surface area contributed by atoms with Crippen molar-refractivity contribution < 1.29 is 0 Å². The maximum absolute atomic E-state index is 3.74. The molecule has 0 aromatic heterocycles. The summed E-state index contributed by atoms with van der Waals surface area (Å²) in [5.41, 5.74) is 0.418. The van der Waals surface area contributed by atoms with Crippen molar-refractivity contribution in [2.45, 2.75) is 73.8 Å². The minimum Gasteiger partial charge on any atom is -0.314 e. The summed E-state index contributed by atoms with van der Waals surface area (Å²) in [6, 6.07) is 0.708. The molecule has 0 amide bonds. The van der Waals surface area contributed by atoms with Gasteiger partial charge in [0, 0.05) is 6.04 Å². The van der Waals surface area contributed by atoms with Crippen LogP contribution in [0.25, 0.3) is 0 Å². The summed E-state index contributed by atoms with van der Waals surface area (Å²) in [5, 5.41) is 3.74. The first kappa shape index (κ1) is 16.0. The van der Waals surface area contributed by atoms with Gasteiger partial charge in [-0.1, -0.05) is 54.9 Å². The Hall–Kier alpha value is -0.0400. The highest BCUT2D eigenvalue weighted by molar-refractivity contribution is 4.75. The van der Waals surface area contributed by atoms with E-state index >= 15 is 0 Å². The van der Waals surface area contributed by atoms with Gasteiger partial charge in [0.1, 0.15) is 0 Å². The fourth-order valence-electron chi connectivity index (χ4n) is 1.70. The lowest BCUT2D eigenvalue weighted by Crippen LogP contribution is -2.37. The molecule has 0 aliphatic carbocycles. The van der Waals surface area contributed by atoms with Crippen LogP contribution in [-0.2, 0) is 0 Å². The SMILES string of the molecule is CCC(C)CC(CC)NCC(C)C(C)(C)C. The molecule has 0 aliphatic rings. The van der Waals surface area contributed by atoms with Crippen molar-refractivity contribution in [1.82, 2.24) is 5.32 Å². The topological polar surface area (TPSA) is 12.0 Å². The van der Waals surface area contributed by atoms with E-state index < -0.39 is 0 Å². The Morgan fingerprint density at radius 1 is 1.00 bits per heavy atom. The Morgan fingerprint density at radius 2 is 1.56 bits per heavy atom. The van der Waals surface area contributed by atoms with Gasteiger partial charge in [0.15, 0.2) is 0 Å². The van der Waals surface area contributed by atoms with E-state index in [2.05, 4.69) is 53.8 Å². The van der Waals surface area contributed by atoms with Crippen LogP contribution in [0.4, 0.5) is 0 Å². The van der Waals surface area contributed by atoms with Crippen LogP contribution in [-0.4, -0.2) is 12.6 Å². The molecule has 16 heavy (non-hydrogen) atoms. The van der Waals surface area contributed by atoms with Crippen molar-refractivity contribution in [3.63, 3.8) is 0 Å². The molecule has 0 aliphatic heterocycles. The molecule has 1 heteroatoms. The molecule has 1 nitrogen and oxygen atoms in total. The maximum atomic E-state index is 3.74. The molecular formula is C15H33N. The zero-order valence-corrected chi connectivity index (χ0v) is 12.6. The van der Waals surface area contributed by atoms with E-state index in [4.69, 9.17) is 0 Å². The molecule has 0 rings (SSSR count). The van der Waals surface area contributed by atoms with E-state index in [1.807, 2.05) is 0 Å². The van der Waals surface area contributed by atoms with E-state index in [1.165, 1.54) is 19.3 Å². The summed E-state index contributed by atoms with van der Waals surface area (Å²) in [5.74, 6) is 1.58. The molecule has 0 spiro atoms. The van der Waals surface area contributed by atoms with Gasteiger partial charge in [0.25, 0.3) is 0 Å². The molecule has 0 saturated carbocycles. The van der Waals surface area contributed by atoms with Crippen molar-refractivity contribution in [3.05, 3.63) is 0 Å². The van der Waals surface area contributed by atoms with E-state index in [9.17, 15) is 0 Å². The molecular weight excluding hydrogens is 194 g/mol. The lowest BCUT2D eigenvalue weighted by molar-refractivity contribution is 0.238. The molecule has 3 unspecified atom stereocenters. The lowest BCUT2D eigenvalue weighted by atomic mass is 9.82. The summed E-state index contributed by atoms with van der Waals surface area (Å²) in [4.78, 5) is 0. The third-order valence-electron chi connectivity index (χ3n) is 4.07. The first-order valence-electron chi connectivity index (χ1n) is 7.04. The molecule has 0 heterocycles. The van der Waals surface area contributed by atoms with Gasteiger partial charge in [0.05, 0.1) is 0 Å². The lowest BCUT2D eigenvalue weighted by Gasteiger charge is -2.30. The molecule has 0 aromatic carbocycles. The zero-order chi connectivity index (χ0) is 12.8. The third kappa shape index (κ3) is 6.52. The monoisotopic (exact) mass is 227 g/mol. The Balaban J connectivity index is 3.96. The van der Waals surface area contributed by atoms with Crippen molar-refractivity contribution in [2.24, 2.45) is 17.3 Å². The Bertz CT molecular complexity index is 169. The van der Waals surface area contributed by atoms with Crippen LogP contribution in [0, 0.1) is 17.3 Å². The first-order valence-corrected chi connectivity index (χ1v) is 7.04. The Morgan fingerprint density at radius 3 is 1.94 bits per heavy atom. The van der Waals surface area contributed by atoms with Crippen LogP contribution >= 0.6 is 0 Å². The van der Waals surface area contributed by atoms with Gasteiger partial charge in [-0.3, -0.25) is 0 Å². The normalized spacial score (nSPS) is 18.2. The largest absolute Gasteiger partial charge is 0.314 e. The molecule has 0 bridgehead atoms. The summed E-state index contributed by atoms with van der Waals surface area (Å²) in [7, 11) is 0. The van der Waals surface area contributed by atoms with Crippen LogP contribution in [0.1, 0.15) is 67.7 Å². The Kier molecular flexibility index (Phi) is 7.30. The maximum Gasteiger partial charge on any atom is 0.00670 e. The van der Waals surface area contributed by atoms with E-state index in [1.54, 1.807) is 0 Å². The van der Waals surface area contributed by atoms with Gasteiger partial charge in [-0.15, -0.1) is 0 Å². The van der Waals surface area contributed by atoms with Gasteiger partial charge in [-0.05, 0) is 36.6 Å². The summed E-state index contributed by atoms with van der Waals surface area (Å²) in [6.45, 7) is 17.4.